The molecule has 3 N–H and O–H groups in total. The van der Waals surface area contributed by atoms with Gasteiger partial charge in [0.2, 0.25) is 0 Å². The third-order valence-electron chi connectivity index (χ3n) is 5.00. The highest BCUT2D eigenvalue weighted by Crippen LogP contribution is 2.34. The van der Waals surface area contributed by atoms with E-state index < -0.39 is 0 Å². The Bertz CT molecular complexity index is 651. The van der Waals surface area contributed by atoms with Gasteiger partial charge >= 0.3 is 0 Å². The van der Waals surface area contributed by atoms with Gasteiger partial charge in [-0.1, -0.05) is 36.4 Å². The van der Waals surface area contributed by atoms with Crippen molar-refractivity contribution in [1.82, 2.24) is 4.90 Å². The molecule has 0 aromatic heterocycles. The summed E-state index contributed by atoms with van der Waals surface area (Å²) in [5.41, 5.74) is 2.26. The Morgan fingerprint density at radius 2 is 1.67 bits per heavy atom. The second-order valence-electron chi connectivity index (χ2n) is 6.62. The molecule has 24 heavy (non-hydrogen) atoms. The summed E-state index contributed by atoms with van der Waals surface area (Å²) < 4.78 is 0. The molecular formula is C20H25NO3. The molecule has 4 heteroatoms. The number of benzene rings is 2. The smallest absolute Gasteiger partial charge is 0.157 e. The molecule has 1 heterocycles. The van der Waals surface area contributed by atoms with E-state index in [1.54, 1.807) is 12.1 Å². The number of piperidine rings is 1. The van der Waals surface area contributed by atoms with Gasteiger partial charge in [0.1, 0.15) is 0 Å². The van der Waals surface area contributed by atoms with E-state index in [0.29, 0.717) is 5.92 Å². The zero-order valence-electron chi connectivity index (χ0n) is 13.8. The fourth-order valence-electron chi connectivity index (χ4n) is 3.49. The molecule has 1 aliphatic rings. The highest BCUT2D eigenvalue weighted by molar-refractivity contribution is 5.42. The number of likely N-dealkylation sites (tertiary alicyclic amines) is 1. The van der Waals surface area contributed by atoms with E-state index >= 15 is 0 Å². The van der Waals surface area contributed by atoms with Gasteiger partial charge in [0, 0.05) is 12.6 Å². The third kappa shape index (κ3) is 3.89. The number of phenolic OH excluding ortho intramolecular Hbond substituents is 2. The van der Waals surface area contributed by atoms with E-state index in [0.717, 1.165) is 37.9 Å². The van der Waals surface area contributed by atoms with E-state index in [-0.39, 0.29) is 24.1 Å². The van der Waals surface area contributed by atoms with Gasteiger partial charge in [-0.25, -0.2) is 0 Å². The van der Waals surface area contributed by atoms with E-state index in [2.05, 4.69) is 17.0 Å². The standard InChI is InChI=1S/C20H25NO3/c22-14-16-8-10-21(11-9-16)18(12-15-4-2-1-3-5-15)17-6-7-19(23)20(24)13-17/h1-7,13,16,18,22-24H,8-12,14H2. The number of nitrogens with zero attached hydrogens (tertiary/aromatic N) is 1. The summed E-state index contributed by atoms with van der Waals surface area (Å²) in [6.07, 6.45) is 2.84. The van der Waals surface area contributed by atoms with Gasteiger partial charge in [-0.2, -0.15) is 0 Å². The lowest BCUT2D eigenvalue weighted by Gasteiger charge is -2.37. The van der Waals surface area contributed by atoms with Gasteiger partial charge < -0.3 is 15.3 Å². The molecule has 0 bridgehead atoms. The van der Waals surface area contributed by atoms with Crippen molar-refractivity contribution in [3.63, 3.8) is 0 Å². The maximum atomic E-state index is 9.89. The van der Waals surface area contributed by atoms with Gasteiger partial charge in [-0.05, 0) is 61.5 Å². The Kier molecular flexibility index (Phi) is 5.38. The van der Waals surface area contributed by atoms with E-state index in [9.17, 15) is 15.3 Å². The lowest BCUT2D eigenvalue weighted by atomic mass is 9.92. The summed E-state index contributed by atoms with van der Waals surface area (Å²) in [5.74, 6) is 0.235. The quantitative estimate of drug-likeness (QED) is 0.739. The predicted molar refractivity (Wildman–Crippen MR) is 94.0 cm³/mol. The topological polar surface area (TPSA) is 63.9 Å². The van der Waals surface area contributed by atoms with Crippen molar-refractivity contribution in [3.05, 3.63) is 59.7 Å². The predicted octanol–water partition coefficient (Wildman–Crippen LogP) is 3.09. The van der Waals surface area contributed by atoms with Crippen molar-refractivity contribution in [2.45, 2.75) is 25.3 Å². The van der Waals surface area contributed by atoms with Crippen LogP contribution in [-0.2, 0) is 6.42 Å². The molecule has 0 amide bonds. The molecule has 1 fully saturated rings. The number of aliphatic hydroxyl groups is 1. The van der Waals surface area contributed by atoms with Gasteiger partial charge in [0.15, 0.2) is 11.5 Å². The van der Waals surface area contributed by atoms with Crippen LogP contribution in [0.3, 0.4) is 0 Å². The van der Waals surface area contributed by atoms with Gasteiger partial charge in [0.25, 0.3) is 0 Å². The maximum absolute atomic E-state index is 9.89. The summed E-state index contributed by atoms with van der Waals surface area (Å²) >= 11 is 0. The molecule has 1 unspecified atom stereocenters. The van der Waals surface area contributed by atoms with Gasteiger partial charge in [-0.15, -0.1) is 0 Å². The Labute approximate surface area is 143 Å². The fourth-order valence-corrected chi connectivity index (χ4v) is 3.49. The molecule has 1 aliphatic heterocycles. The number of hydrogen-bond donors (Lipinski definition) is 3. The van der Waals surface area contributed by atoms with Crippen LogP contribution in [0.4, 0.5) is 0 Å². The van der Waals surface area contributed by atoms with Crippen molar-refractivity contribution in [1.29, 1.82) is 0 Å². The zero-order chi connectivity index (χ0) is 16.9. The first-order valence-electron chi connectivity index (χ1n) is 8.58. The van der Waals surface area contributed by atoms with Gasteiger partial charge in [-0.3, -0.25) is 4.90 Å². The molecule has 1 saturated heterocycles. The van der Waals surface area contributed by atoms with Crippen molar-refractivity contribution in [2.75, 3.05) is 19.7 Å². The van der Waals surface area contributed by atoms with Crippen LogP contribution in [0.1, 0.15) is 30.0 Å². The summed E-state index contributed by atoms with van der Waals surface area (Å²) in [4.78, 5) is 2.42. The molecule has 128 valence electrons. The Hall–Kier alpha value is -2.04. The number of phenols is 2. The first-order chi connectivity index (χ1) is 11.7. The molecule has 2 aromatic carbocycles. The largest absolute Gasteiger partial charge is 0.504 e. The molecule has 1 atom stereocenters. The van der Waals surface area contributed by atoms with E-state index in [1.807, 2.05) is 24.3 Å². The van der Waals surface area contributed by atoms with Crippen molar-refractivity contribution < 1.29 is 15.3 Å². The molecular weight excluding hydrogens is 302 g/mol. The lowest BCUT2D eigenvalue weighted by Crippen LogP contribution is -2.38. The number of aliphatic hydroxyl groups excluding tert-OH is 1. The van der Waals surface area contributed by atoms with E-state index in [4.69, 9.17) is 0 Å². The molecule has 2 aromatic rings. The molecule has 0 saturated carbocycles. The molecule has 0 aliphatic carbocycles. The second-order valence-corrected chi connectivity index (χ2v) is 6.62. The monoisotopic (exact) mass is 327 g/mol. The van der Waals surface area contributed by atoms with Crippen molar-refractivity contribution >= 4 is 0 Å². The first-order valence-corrected chi connectivity index (χ1v) is 8.58. The Morgan fingerprint density at radius 1 is 0.958 bits per heavy atom. The highest BCUT2D eigenvalue weighted by atomic mass is 16.3. The maximum Gasteiger partial charge on any atom is 0.157 e. The number of hydrogen-bond acceptors (Lipinski definition) is 4. The van der Waals surface area contributed by atoms with Crippen LogP contribution in [0, 0.1) is 5.92 Å². The van der Waals surface area contributed by atoms with Crippen molar-refractivity contribution in [3.8, 4) is 11.5 Å². The van der Waals surface area contributed by atoms with Crippen LogP contribution >= 0.6 is 0 Å². The van der Waals surface area contributed by atoms with Crippen LogP contribution in [0.15, 0.2) is 48.5 Å². The first kappa shape index (κ1) is 16.8. The summed E-state index contributed by atoms with van der Waals surface area (Å²) in [6, 6.07) is 15.6. The minimum Gasteiger partial charge on any atom is -0.504 e. The average Bonchev–Trinajstić information content (AvgIpc) is 2.63. The minimum atomic E-state index is -0.0869. The molecule has 3 rings (SSSR count). The summed E-state index contributed by atoms with van der Waals surface area (Å²) in [7, 11) is 0. The zero-order valence-corrected chi connectivity index (χ0v) is 13.8. The fraction of sp³-hybridized carbons (Fsp3) is 0.400. The van der Waals surface area contributed by atoms with Gasteiger partial charge in [0.05, 0.1) is 0 Å². The lowest BCUT2D eigenvalue weighted by molar-refractivity contribution is 0.0995. The number of aromatic hydroxyl groups is 2. The average molecular weight is 327 g/mol. The Balaban J connectivity index is 1.84. The van der Waals surface area contributed by atoms with Crippen LogP contribution in [0.2, 0.25) is 0 Å². The van der Waals surface area contributed by atoms with Crippen LogP contribution in [-0.4, -0.2) is 39.9 Å². The molecule has 0 spiro atoms. The third-order valence-corrected chi connectivity index (χ3v) is 5.00. The van der Waals surface area contributed by atoms with Crippen LogP contribution < -0.4 is 0 Å². The summed E-state index contributed by atoms with van der Waals surface area (Å²) in [6.45, 7) is 2.13. The minimum absolute atomic E-state index is 0.0733. The second kappa shape index (κ2) is 7.69. The molecule has 0 radical (unpaired) electrons. The SMILES string of the molecule is OCC1CCN(C(Cc2ccccc2)c2ccc(O)c(O)c2)CC1. The molecule has 4 nitrogen and oxygen atoms in total. The van der Waals surface area contributed by atoms with E-state index in [1.165, 1.54) is 5.56 Å². The normalized spacial score (nSPS) is 17.7. The van der Waals surface area contributed by atoms with Crippen LogP contribution in [0.5, 0.6) is 11.5 Å². The number of rotatable bonds is 5. The Morgan fingerprint density at radius 3 is 2.29 bits per heavy atom. The van der Waals surface area contributed by atoms with Crippen LogP contribution in [0.25, 0.3) is 0 Å². The highest BCUT2D eigenvalue weighted by Gasteiger charge is 2.26. The van der Waals surface area contributed by atoms with Crippen molar-refractivity contribution in [2.24, 2.45) is 5.92 Å². The summed E-state index contributed by atoms with van der Waals surface area (Å²) in [5, 5.41) is 28.8.